The van der Waals surface area contributed by atoms with Crippen LogP contribution in [0.2, 0.25) is 0 Å². The molecular weight excluding hydrogens is 601 g/mol. The number of nitrogens with one attached hydrogen (secondary N) is 1. The third kappa shape index (κ3) is 7.75. The summed E-state index contributed by atoms with van der Waals surface area (Å²) in [4.78, 5) is 33.7. The van der Waals surface area contributed by atoms with Crippen LogP contribution < -0.4 is 19.5 Å². The van der Waals surface area contributed by atoms with Crippen LogP contribution in [0.3, 0.4) is 0 Å². The number of hydrogen-bond donors (Lipinski definition) is 1. The number of carbonyl (C=O) groups excluding carboxylic acids is 2. The van der Waals surface area contributed by atoms with Gasteiger partial charge in [0.15, 0.2) is 11.5 Å². The quantitative estimate of drug-likeness (QED) is 0.237. The molecule has 4 aromatic rings. The average molecular weight is 633 g/mol. The molecule has 2 aliphatic heterocycles. The standard InChI is InChI=1S/C34H31F3N4O5/c35-34(36,37)26-7-5-25(6-8-26)33(43)39-27-9-13-31(38-20-27)46-28-10-1-23(2-11-28)4-14-32(42)41-17-15-40(16-18-41)21-24-3-12-29-30(19-24)45-22-44-29/h1-3,5-13,19-20H,4,14-18,21-22H2,(H,39,43). The van der Waals surface area contributed by atoms with Gasteiger partial charge in [0.1, 0.15) is 5.75 Å². The number of alkyl halides is 3. The Morgan fingerprint density at radius 2 is 1.57 bits per heavy atom. The van der Waals surface area contributed by atoms with Crippen molar-refractivity contribution in [2.45, 2.75) is 25.6 Å². The lowest BCUT2D eigenvalue weighted by Gasteiger charge is -2.34. The maximum Gasteiger partial charge on any atom is 0.416 e. The van der Waals surface area contributed by atoms with Gasteiger partial charge in [-0.3, -0.25) is 14.5 Å². The molecule has 0 bridgehead atoms. The lowest BCUT2D eigenvalue weighted by molar-refractivity contribution is -0.137. The van der Waals surface area contributed by atoms with E-state index in [0.29, 0.717) is 43.2 Å². The zero-order valence-corrected chi connectivity index (χ0v) is 24.8. The molecule has 0 saturated carbocycles. The van der Waals surface area contributed by atoms with Gasteiger partial charge in [-0.1, -0.05) is 18.2 Å². The van der Waals surface area contributed by atoms with E-state index in [0.717, 1.165) is 66.5 Å². The van der Waals surface area contributed by atoms with E-state index < -0.39 is 17.6 Å². The van der Waals surface area contributed by atoms with Crippen LogP contribution in [0.1, 0.15) is 33.5 Å². The van der Waals surface area contributed by atoms with Crippen LogP contribution in [0.25, 0.3) is 0 Å². The monoisotopic (exact) mass is 632 g/mol. The molecule has 238 valence electrons. The minimum absolute atomic E-state index is 0.0894. The Morgan fingerprint density at radius 3 is 2.26 bits per heavy atom. The molecule has 46 heavy (non-hydrogen) atoms. The molecule has 0 spiro atoms. The SMILES string of the molecule is O=C(Nc1ccc(Oc2ccc(CCC(=O)N3CCN(Cc4ccc5c(c4)OCO5)CC3)cc2)nc1)c1ccc(C(F)(F)F)cc1. The summed E-state index contributed by atoms with van der Waals surface area (Å²) in [5.74, 6) is 1.99. The van der Waals surface area contributed by atoms with Crippen molar-refractivity contribution in [3.63, 3.8) is 0 Å². The number of halogens is 3. The van der Waals surface area contributed by atoms with Crippen LogP contribution in [-0.4, -0.2) is 59.6 Å². The first-order valence-electron chi connectivity index (χ1n) is 14.8. The van der Waals surface area contributed by atoms with Crippen molar-refractivity contribution in [1.82, 2.24) is 14.8 Å². The van der Waals surface area contributed by atoms with Gasteiger partial charge in [0, 0.05) is 50.8 Å². The molecule has 1 fully saturated rings. The smallest absolute Gasteiger partial charge is 0.416 e. The maximum absolute atomic E-state index is 12.9. The molecule has 3 aromatic carbocycles. The van der Waals surface area contributed by atoms with E-state index in [1.54, 1.807) is 24.3 Å². The normalized spacial score (nSPS) is 14.6. The van der Waals surface area contributed by atoms with Crippen LogP contribution in [0.5, 0.6) is 23.1 Å². The Balaban J connectivity index is 0.920. The number of aromatic nitrogens is 1. The lowest BCUT2D eigenvalue weighted by Crippen LogP contribution is -2.48. The number of carbonyl (C=O) groups is 2. The van der Waals surface area contributed by atoms with E-state index in [1.807, 2.05) is 35.2 Å². The molecular formula is C34H31F3N4O5. The first-order valence-corrected chi connectivity index (χ1v) is 14.8. The minimum Gasteiger partial charge on any atom is -0.454 e. The van der Waals surface area contributed by atoms with Gasteiger partial charge in [-0.05, 0) is 72.1 Å². The highest BCUT2D eigenvalue weighted by Crippen LogP contribution is 2.33. The van der Waals surface area contributed by atoms with Crippen molar-refractivity contribution in [3.8, 4) is 23.1 Å². The van der Waals surface area contributed by atoms with Gasteiger partial charge >= 0.3 is 6.18 Å². The van der Waals surface area contributed by atoms with E-state index in [9.17, 15) is 22.8 Å². The number of anilines is 1. The molecule has 6 rings (SSSR count). The predicted molar refractivity (Wildman–Crippen MR) is 163 cm³/mol. The predicted octanol–water partition coefficient (Wildman–Crippen LogP) is 6.15. The number of benzene rings is 3. The summed E-state index contributed by atoms with van der Waals surface area (Å²) in [6, 6.07) is 20.5. The Labute approximate surface area is 263 Å². The van der Waals surface area contributed by atoms with Gasteiger partial charge in [0.25, 0.3) is 5.91 Å². The largest absolute Gasteiger partial charge is 0.454 e. The van der Waals surface area contributed by atoms with Gasteiger partial charge in [0.2, 0.25) is 18.6 Å². The van der Waals surface area contributed by atoms with Crippen molar-refractivity contribution < 1.29 is 37.0 Å². The molecule has 0 aliphatic carbocycles. The Hall–Kier alpha value is -5.10. The second-order valence-corrected chi connectivity index (χ2v) is 11.0. The highest BCUT2D eigenvalue weighted by Gasteiger charge is 2.30. The lowest BCUT2D eigenvalue weighted by atomic mass is 10.1. The van der Waals surface area contributed by atoms with Crippen LogP contribution in [0, 0.1) is 0 Å². The van der Waals surface area contributed by atoms with Gasteiger partial charge in [-0.15, -0.1) is 0 Å². The molecule has 12 heteroatoms. The average Bonchev–Trinajstić information content (AvgIpc) is 3.53. The van der Waals surface area contributed by atoms with Crippen molar-refractivity contribution in [2.75, 3.05) is 38.3 Å². The summed E-state index contributed by atoms with van der Waals surface area (Å²) in [6.07, 6.45) is -2.04. The summed E-state index contributed by atoms with van der Waals surface area (Å²) >= 11 is 0. The highest BCUT2D eigenvalue weighted by molar-refractivity contribution is 6.04. The number of pyridine rings is 1. The Bertz CT molecular complexity index is 1670. The molecule has 1 aromatic heterocycles. The fraction of sp³-hybridized carbons (Fsp3) is 0.265. The topological polar surface area (TPSA) is 93.2 Å². The van der Waals surface area contributed by atoms with Crippen LogP contribution >= 0.6 is 0 Å². The second-order valence-electron chi connectivity index (χ2n) is 11.0. The maximum atomic E-state index is 12.9. The minimum atomic E-state index is -4.47. The zero-order chi connectivity index (χ0) is 32.1. The van der Waals surface area contributed by atoms with Gasteiger partial charge < -0.3 is 24.4 Å². The Morgan fingerprint density at radius 1 is 0.848 bits per heavy atom. The van der Waals surface area contributed by atoms with Crippen LogP contribution in [-0.2, 0) is 23.9 Å². The zero-order valence-electron chi connectivity index (χ0n) is 24.8. The van der Waals surface area contributed by atoms with Gasteiger partial charge in [-0.25, -0.2) is 4.98 Å². The summed E-state index contributed by atoms with van der Waals surface area (Å²) < 4.78 is 54.9. The number of piperazine rings is 1. The fourth-order valence-electron chi connectivity index (χ4n) is 5.24. The number of aryl methyl sites for hydroxylation is 1. The van der Waals surface area contributed by atoms with Gasteiger partial charge in [0.05, 0.1) is 17.4 Å². The first-order chi connectivity index (χ1) is 22.2. The number of fused-ring (bicyclic) bond motifs is 1. The van der Waals surface area contributed by atoms with E-state index in [1.165, 1.54) is 6.20 Å². The molecule has 0 radical (unpaired) electrons. The number of ether oxygens (including phenoxy) is 3. The van der Waals surface area contributed by atoms with Crippen LogP contribution in [0.4, 0.5) is 18.9 Å². The number of rotatable bonds is 9. The van der Waals surface area contributed by atoms with Crippen molar-refractivity contribution in [3.05, 3.63) is 107 Å². The molecule has 0 unspecified atom stereocenters. The van der Waals surface area contributed by atoms with Crippen molar-refractivity contribution in [1.29, 1.82) is 0 Å². The molecule has 0 atom stereocenters. The van der Waals surface area contributed by atoms with E-state index in [4.69, 9.17) is 14.2 Å². The van der Waals surface area contributed by atoms with E-state index in [-0.39, 0.29) is 18.3 Å². The second kappa shape index (κ2) is 13.5. The Kier molecular flexibility index (Phi) is 9.06. The molecule has 9 nitrogen and oxygen atoms in total. The summed E-state index contributed by atoms with van der Waals surface area (Å²) in [5.41, 5.74) is 1.80. The third-order valence-electron chi connectivity index (χ3n) is 7.81. The molecule has 3 heterocycles. The summed E-state index contributed by atoms with van der Waals surface area (Å²) in [6.45, 7) is 4.07. The highest BCUT2D eigenvalue weighted by atomic mass is 19.4. The number of amides is 2. The molecule has 2 aliphatic rings. The number of hydrogen-bond acceptors (Lipinski definition) is 7. The van der Waals surface area contributed by atoms with Gasteiger partial charge in [-0.2, -0.15) is 13.2 Å². The fourth-order valence-corrected chi connectivity index (χ4v) is 5.24. The van der Waals surface area contributed by atoms with Crippen molar-refractivity contribution in [2.24, 2.45) is 0 Å². The summed E-state index contributed by atoms with van der Waals surface area (Å²) in [5, 5.41) is 2.60. The van der Waals surface area contributed by atoms with E-state index in [2.05, 4.69) is 15.2 Å². The van der Waals surface area contributed by atoms with Crippen LogP contribution in [0.15, 0.2) is 85.1 Å². The number of nitrogens with zero attached hydrogens (tertiary/aromatic N) is 3. The van der Waals surface area contributed by atoms with E-state index >= 15 is 0 Å². The first kappa shape index (κ1) is 30.9. The molecule has 2 amide bonds. The molecule has 1 saturated heterocycles. The van der Waals surface area contributed by atoms with Crippen molar-refractivity contribution >= 4 is 17.5 Å². The molecule has 1 N–H and O–H groups in total. The third-order valence-corrected chi connectivity index (χ3v) is 7.81. The summed E-state index contributed by atoms with van der Waals surface area (Å²) in [7, 11) is 0.